The summed E-state index contributed by atoms with van der Waals surface area (Å²) in [5.41, 5.74) is 5.32. The van der Waals surface area contributed by atoms with Crippen molar-refractivity contribution in [3.63, 3.8) is 0 Å². The van der Waals surface area contributed by atoms with E-state index in [0.29, 0.717) is 18.7 Å². The maximum Gasteiger partial charge on any atom is 0.134 e. The van der Waals surface area contributed by atoms with Crippen molar-refractivity contribution < 1.29 is 9.59 Å². The van der Waals surface area contributed by atoms with Gasteiger partial charge in [-0.2, -0.15) is 11.8 Å². The fraction of sp³-hybridized carbons (Fsp3) is 0.778. The zero-order valence-corrected chi connectivity index (χ0v) is 9.02. The van der Waals surface area contributed by atoms with Gasteiger partial charge in [0.15, 0.2) is 0 Å². The molecule has 0 bridgehead atoms. The van der Waals surface area contributed by atoms with E-state index in [1.54, 1.807) is 11.8 Å². The molecule has 2 N–H and O–H groups in total. The fourth-order valence-electron chi connectivity index (χ4n) is 0.976. The molecule has 0 rings (SSSR count). The van der Waals surface area contributed by atoms with Gasteiger partial charge in [0.2, 0.25) is 0 Å². The molecule has 0 fully saturated rings. The van der Waals surface area contributed by atoms with E-state index in [1.807, 2.05) is 0 Å². The van der Waals surface area contributed by atoms with Gasteiger partial charge in [-0.05, 0) is 13.8 Å². The number of hydrogen-bond acceptors (Lipinski definition) is 4. The molecule has 13 heavy (non-hydrogen) atoms. The molecule has 4 heteroatoms. The predicted molar refractivity (Wildman–Crippen MR) is 55.8 cm³/mol. The van der Waals surface area contributed by atoms with Crippen molar-refractivity contribution >= 4 is 23.3 Å². The summed E-state index contributed by atoms with van der Waals surface area (Å²) in [5, 5.41) is 0. The molecule has 0 saturated carbocycles. The first-order chi connectivity index (χ1) is 6.07. The standard InChI is InChI=1S/C9H17NO2S/c1-7(11)5-9(8(2)12)6-13-4-3-10/h9H,3-6,10H2,1-2H3. The number of Topliss-reactive ketones (excluding diaryl/α,β-unsaturated/α-hetero) is 2. The molecule has 76 valence electrons. The molecule has 0 heterocycles. The summed E-state index contributed by atoms with van der Waals surface area (Å²) in [7, 11) is 0. The minimum Gasteiger partial charge on any atom is -0.330 e. The summed E-state index contributed by atoms with van der Waals surface area (Å²) >= 11 is 1.63. The van der Waals surface area contributed by atoms with Gasteiger partial charge < -0.3 is 10.5 Å². The van der Waals surface area contributed by atoms with E-state index in [0.717, 1.165) is 5.75 Å². The highest BCUT2D eigenvalue weighted by atomic mass is 32.2. The molecular formula is C9H17NO2S. The molecule has 0 spiro atoms. The lowest BCUT2D eigenvalue weighted by Gasteiger charge is -2.10. The van der Waals surface area contributed by atoms with E-state index >= 15 is 0 Å². The second kappa shape index (κ2) is 7.09. The first-order valence-electron chi connectivity index (χ1n) is 4.35. The smallest absolute Gasteiger partial charge is 0.134 e. The monoisotopic (exact) mass is 203 g/mol. The maximum absolute atomic E-state index is 11.1. The van der Waals surface area contributed by atoms with Gasteiger partial charge in [0.05, 0.1) is 0 Å². The Balaban J connectivity index is 3.81. The minimum atomic E-state index is -0.117. The van der Waals surface area contributed by atoms with Gasteiger partial charge in [-0.25, -0.2) is 0 Å². The molecule has 0 radical (unpaired) electrons. The topological polar surface area (TPSA) is 60.2 Å². The molecule has 0 aliphatic carbocycles. The molecule has 0 aromatic heterocycles. The summed E-state index contributed by atoms with van der Waals surface area (Å²) in [6.45, 7) is 3.68. The molecular weight excluding hydrogens is 186 g/mol. The quantitative estimate of drug-likeness (QED) is 0.623. The number of hydrogen-bond donors (Lipinski definition) is 1. The van der Waals surface area contributed by atoms with Crippen LogP contribution in [0, 0.1) is 5.92 Å². The van der Waals surface area contributed by atoms with Gasteiger partial charge in [-0.3, -0.25) is 4.79 Å². The third kappa shape index (κ3) is 6.78. The van der Waals surface area contributed by atoms with E-state index in [-0.39, 0.29) is 17.5 Å². The third-order valence-corrected chi connectivity index (χ3v) is 2.85. The Bertz CT molecular complexity index is 182. The SMILES string of the molecule is CC(=O)CC(CSCCN)C(C)=O. The van der Waals surface area contributed by atoms with E-state index in [4.69, 9.17) is 5.73 Å². The van der Waals surface area contributed by atoms with Crippen LogP contribution in [-0.4, -0.2) is 29.6 Å². The van der Waals surface area contributed by atoms with Gasteiger partial charge in [0.1, 0.15) is 11.6 Å². The lowest BCUT2D eigenvalue weighted by molar-refractivity contribution is -0.125. The summed E-state index contributed by atoms with van der Waals surface area (Å²) in [4.78, 5) is 21.9. The number of carbonyl (C=O) groups is 2. The van der Waals surface area contributed by atoms with Crippen molar-refractivity contribution in [1.29, 1.82) is 0 Å². The Hall–Kier alpha value is -0.350. The van der Waals surface area contributed by atoms with Gasteiger partial charge in [-0.15, -0.1) is 0 Å². The van der Waals surface area contributed by atoms with Crippen LogP contribution in [0.4, 0.5) is 0 Å². The molecule has 0 aromatic carbocycles. The summed E-state index contributed by atoms with van der Waals surface area (Å²) in [6, 6.07) is 0. The second-order valence-electron chi connectivity index (χ2n) is 3.08. The van der Waals surface area contributed by atoms with Gasteiger partial charge in [0.25, 0.3) is 0 Å². The van der Waals surface area contributed by atoms with Crippen molar-refractivity contribution in [2.75, 3.05) is 18.1 Å². The maximum atomic E-state index is 11.1. The molecule has 0 aromatic rings. The second-order valence-corrected chi connectivity index (χ2v) is 4.23. The summed E-state index contributed by atoms with van der Waals surface area (Å²) < 4.78 is 0. The Morgan fingerprint density at radius 2 is 2.00 bits per heavy atom. The van der Waals surface area contributed by atoms with Crippen LogP contribution in [0.25, 0.3) is 0 Å². The number of ketones is 2. The normalized spacial score (nSPS) is 12.5. The van der Waals surface area contributed by atoms with Crippen molar-refractivity contribution in [2.45, 2.75) is 20.3 Å². The fourth-order valence-corrected chi connectivity index (χ4v) is 1.95. The first kappa shape index (κ1) is 12.7. The lowest BCUT2D eigenvalue weighted by atomic mass is 10.0. The van der Waals surface area contributed by atoms with E-state index in [2.05, 4.69) is 0 Å². The van der Waals surface area contributed by atoms with E-state index < -0.39 is 0 Å². The molecule has 0 saturated heterocycles. The zero-order valence-electron chi connectivity index (χ0n) is 8.21. The zero-order chi connectivity index (χ0) is 10.3. The molecule has 3 nitrogen and oxygen atoms in total. The molecule has 0 aliphatic heterocycles. The Labute approximate surface area is 83.4 Å². The Kier molecular flexibility index (Phi) is 6.90. The summed E-state index contributed by atoms with van der Waals surface area (Å²) in [6.07, 6.45) is 0.368. The highest BCUT2D eigenvalue weighted by Gasteiger charge is 2.15. The van der Waals surface area contributed by atoms with Gasteiger partial charge in [-0.1, -0.05) is 0 Å². The van der Waals surface area contributed by atoms with Crippen LogP contribution in [0.15, 0.2) is 0 Å². The van der Waals surface area contributed by atoms with E-state index in [1.165, 1.54) is 13.8 Å². The van der Waals surface area contributed by atoms with Crippen LogP contribution in [0.3, 0.4) is 0 Å². The van der Waals surface area contributed by atoms with Crippen LogP contribution in [-0.2, 0) is 9.59 Å². The third-order valence-electron chi connectivity index (χ3n) is 1.69. The predicted octanol–water partition coefficient (Wildman–Crippen LogP) is 0.863. The number of carbonyl (C=O) groups excluding carboxylic acids is 2. The van der Waals surface area contributed by atoms with Crippen molar-refractivity contribution in [1.82, 2.24) is 0 Å². The Morgan fingerprint density at radius 3 is 2.38 bits per heavy atom. The highest BCUT2D eigenvalue weighted by Crippen LogP contribution is 2.13. The van der Waals surface area contributed by atoms with Crippen LogP contribution < -0.4 is 5.73 Å². The van der Waals surface area contributed by atoms with Crippen molar-refractivity contribution in [3.8, 4) is 0 Å². The van der Waals surface area contributed by atoms with Crippen LogP contribution >= 0.6 is 11.8 Å². The van der Waals surface area contributed by atoms with Crippen LogP contribution in [0.2, 0.25) is 0 Å². The van der Waals surface area contributed by atoms with Crippen LogP contribution in [0.1, 0.15) is 20.3 Å². The molecule has 1 atom stereocenters. The average molecular weight is 203 g/mol. The van der Waals surface area contributed by atoms with Crippen LogP contribution in [0.5, 0.6) is 0 Å². The number of nitrogens with two attached hydrogens (primary N) is 1. The van der Waals surface area contributed by atoms with Crippen molar-refractivity contribution in [2.24, 2.45) is 11.7 Å². The Morgan fingerprint density at radius 1 is 1.38 bits per heavy atom. The molecule has 0 aliphatic rings. The number of rotatable bonds is 7. The molecule has 0 amide bonds. The highest BCUT2D eigenvalue weighted by molar-refractivity contribution is 7.99. The van der Waals surface area contributed by atoms with Gasteiger partial charge >= 0.3 is 0 Å². The number of thioether (sulfide) groups is 1. The molecule has 1 unspecified atom stereocenters. The summed E-state index contributed by atoms with van der Waals surface area (Å²) in [5.74, 6) is 1.62. The van der Waals surface area contributed by atoms with Gasteiger partial charge in [0, 0.05) is 30.4 Å². The van der Waals surface area contributed by atoms with Crippen molar-refractivity contribution in [3.05, 3.63) is 0 Å². The first-order valence-corrected chi connectivity index (χ1v) is 5.51. The van der Waals surface area contributed by atoms with E-state index in [9.17, 15) is 9.59 Å². The largest absolute Gasteiger partial charge is 0.330 e. The minimum absolute atomic E-state index is 0.0774. The average Bonchev–Trinajstić information content (AvgIpc) is 2.02. The lowest BCUT2D eigenvalue weighted by Crippen LogP contribution is -2.18.